The summed E-state index contributed by atoms with van der Waals surface area (Å²) in [5.41, 5.74) is 0.393. The average Bonchev–Trinajstić information content (AvgIpc) is 2.40. The van der Waals surface area contributed by atoms with Crippen LogP contribution < -0.4 is 5.69 Å². The zero-order valence-corrected chi connectivity index (χ0v) is 13.8. The molecular formula is C13H10Br2F2N2O. The summed E-state index contributed by atoms with van der Waals surface area (Å²) >= 11 is 6.31. The highest BCUT2D eigenvalue weighted by molar-refractivity contribution is 9.10. The van der Waals surface area contributed by atoms with Gasteiger partial charge in [0.25, 0.3) is 0 Å². The number of rotatable bonds is 2. The second-order valence-electron chi connectivity index (χ2n) is 4.29. The van der Waals surface area contributed by atoms with Gasteiger partial charge in [-0.1, -0.05) is 0 Å². The Morgan fingerprint density at radius 1 is 1.25 bits per heavy atom. The molecule has 0 saturated heterocycles. The molecule has 3 nitrogen and oxygen atoms in total. The van der Waals surface area contributed by atoms with Crippen molar-refractivity contribution in [2.45, 2.75) is 20.4 Å². The minimum atomic E-state index is -0.715. The summed E-state index contributed by atoms with van der Waals surface area (Å²) in [7, 11) is 0. The van der Waals surface area contributed by atoms with Crippen molar-refractivity contribution in [1.82, 2.24) is 9.55 Å². The Hall–Kier alpha value is -1.08. The maximum atomic E-state index is 14.0. The SMILES string of the molecule is Cc1nc(=O)n(Cc2c(F)ccc(Br)c2F)c(C)c1Br. The van der Waals surface area contributed by atoms with Crippen molar-refractivity contribution >= 4 is 31.9 Å². The second kappa shape index (κ2) is 5.73. The molecule has 0 N–H and O–H groups in total. The van der Waals surface area contributed by atoms with Crippen LogP contribution in [0.15, 0.2) is 25.9 Å². The van der Waals surface area contributed by atoms with Gasteiger partial charge in [0, 0.05) is 11.3 Å². The maximum Gasteiger partial charge on any atom is 0.348 e. The molecule has 0 unspecified atom stereocenters. The number of aryl methyl sites for hydroxylation is 1. The zero-order valence-electron chi connectivity index (χ0n) is 10.7. The van der Waals surface area contributed by atoms with Gasteiger partial charge in [0.1, 0.15) is 11.6 Å². The summed E-state index contributed by atoms with van der Waals surface area (Å²) in [4.78, 5) is 15.7. The predicted molar refractivity (Wildman–Crippen MR) is 78.8 cm³/mol. The molecule has 0 amide bonds. The lowest BCUT2D eigenvalue weighted by atomic mass is 10.2. The molecule has 0 radical (unpaired) electrons. The van der Waals surface area contributed by atoms with Gasteiger partial charge in [0.05, 0.1) is 21.2 Å². The summed E-state index contributed by atoms with van der Waals surface area (Å²) in [6, 6.07) is 2.44. The topological polar surface area (TPSA) is 34.9 Å². The molecule has 1 heterocycles. The molecule has 2 aromatic rings. The van der Waals surface area contributed by atoms with Crippen LogP contribution in [0.3, 0.4) is 0 Å². The molecule has 7 heteroatoms. The van der Waals surface area contributed by atoms with E-state index in [2.05, 4.69) is 36.8 Å². The minimum Gasteiger partial charge on any atom is -0.291 e. The van der Waals surface area contributed by atoms with Crippen LogP contribution in [0.4, 0.5) is 8.78 Å². The van der Waals surface area contributed by atoms with Gasteiger partial charge in [0.2, 0.25) is 0 Å². The van der Waals surface area contributed by atoms with Crippen molar-refractivity contribution in [3.8, 4) is 0 Å². The van der Waals surface area contributed by atoms with Crippen LogP contribution in [0, 0.1) is 25.5 Å². The Morgan fingerprint density at radius 2 is 1.90 bits per heavy atom. The Balaban J connectivity index is 2.60. The largest absolute Gasteiger partial charge is 0.348 e. The number of halogens is 4. The third kappa shape index (κ3) is 2.69. The first-order chi connectivity index (χ1) is 9.32. The molecule has 0 bridgehead atoms. The normalized spacial score (nSPS) is 10.9. The van der Waals surface area contributed by atoms with Gasteiger partial charge in [-0.05, 0) is 57.8 Å². The smallest absolute Gasteiger partial charge is 0.291 e. The first-order valence-corrected chi connectivity index (χ1v) is 7.27. The maximum absolute atomic E-state index is 14.0. The van der Waals surface area contributed by atoms with E-state index in [-0.39, 0.29) is 16.6 Å². The predicted octanol–water partition coefficient (Wildman–Crippen LogP) is 3.71. The van der Waals surface area contributed by atoms with Crippen molar-refractivity contribution in [3.63, 3.8) is 0 Å². The molecule has 1 aromatic heterocycles. The molecule has 106 valence electrons. The van der Waals surface area contributed by atoms with Crippen LogP contribution in [0.1, 0.15) is 17.0 Å². The van der Waals surface area contributed by atoms with Crippen LogP contribution in [0.5, 0.6) is 0 Å². The van der Waals surface area contributed by atoms with Crippen molar-refractivity contribution in [3.05, 3.63) is 60.1 Å². The molecule has 1 aromatic carbocycles. The van der Waals surface area contributed by atoms with Gasteiger partial charge >= 0.3 is 5.69 Å². The summed E-state index contributed by atoms with van der Waals surface area (Å²) in [5, 5.41) is 0. The lowest BCUT2D eigenvalue weighted by molar-refractivity contribution is 0.532. The number of benzene rings is 1. The molecule has 20 heavy (non-hydrogen) atoms. The van der Waals surface area contributed by atoms with Crippen LogP contribution in [0.25, 0.3) is 0 Å². The van der Waals surface area contributed by atoms with E-state index in [4.69, 9.17) is 0 Å². The fraction of sp³-hybridized carbons (Fsp3) is 0.231. The highest BCUT2D eigenvalue weighted by Crippen LogP contribution is 2.23. The molecule has 0 fully saturated rings. The quantitative estimate of drug-likeness (QED) is 0.711. The van der Waals surface area contributed by atoms with Crippen molar-refractivity contribution in [2.75, 3.05) is 0 Å². The number of hydrogen-bond acceptors (Lipinski definition) is 2. The lowest BCUT2D eigenvalue weighted by Crippen LogP contribution is -2.27. The van der Waals surface area contributed by atoms with Crippen LogP contribution in [-0.2, 0) is 6.54 Å². The fourth-order valence-electron chi connectivity index (χ4n) is 1.83. The van der Waals surface area contributed by atoms with Gasteiger partial charge in [-0.15, -0.1) is 0 Å². The van der Waals surface area contributed by atoms with E-state index in [1.165, 1.54) is 10.6 Å². The van der Waals surface area contributed by atoms with E-state index in [0.717, 1.165) is 6.07 Å². The van der Waals surface area contributed by atoms with Crippen molar-refractivity contribution in [2.24, 2.45) is 0 Å². The van der Waals surface area contributed by atoms with E-state index in [9.17, 15) is 13.6 Å². The Labute approximate surface area is 130 Å². The van der Waals surface area contributed by atoms with E-state index in [1.54, 1.807) is 13.8 Å². The molecule has 2 rings (SSSR count). The Morgan fingerprint density at radius 3 is 2.55 bits per heavy atom. The minimum absolute atomic E-state index is 0.152. The summed E-state index contributed by atoms with van der Waals surface area (Å²) in [6.45, 7) is 3.16. The van der Waals surface area contributed by atoms with Crippen molar-refractivity contribution in [1.29, 1.82) is 0 Å². The van der Waals surface area contributed by atoms with Crippen LogP contribution in [-0.4, -0.2) is 9.55 Å². The molecule has 0 aliphatic heterocycles. The van der Waals surface area contributed by atoms with Gasteiger partial charge in [-0.25, -0.2) is 13.6 Å². The van der Waals surface area contributed by atoms with E-state index in [0.29, 0.717) is 15.9 Å². The summed E-state index contributed by atoms with van der Waals surface area (Å²) < 4.78 is 29.7. The van der Waals surface area contributed by atoms with Crippen molar-refractivity contribution < 1.29 is 8.78 Å². The van der Waals surface area contributed by atoms with Gasteiger partial charge in [-0.3, -0.25) is 4.57 Å². The molecule has 0 saturated carbocycles. The third-order valence-electron chi connectivity index (χ3n) is 2.99. The first kappa shape index (κ1) is 15.3. The van der Waals surface area contributed by atoms with Gasteiger partial charge < -0.3 is 0 Å². The molecular weight excluding hydrogens is 398 g/mol. The Kier molecular flexibility index (Phi) is 4.39. The van der Waals surface area contributed by atoms with E-state index >= 15 is 0 Å². The highest BCUT2D eigenvalue weighted by Gasteiger charge is 2.16. The Bertz CT molecular complexity index is 744. The number of aromatic nitrogens is 2. The molecule has 0 spiro atoms. The molecule has 0 aliphatic rings. The monoisotopic (exact) mass is 406 g/mol. The van der Waals surface area contributed by atoms with Crippen LogP contribution >= 0.6 is 31.9 Å². The van der Waals surface area contributed by atoms with Gasteiger partial charge in [-0.2, -0.15) is 4.98 Å². The molecule has 0 aliphatic carbocycles. The fourth-order valence-corrected chi connectivity index (χ4v) is 2.51. The molecule has 0 atom stereocenters. The van der Waals surface area contributed by atoms with E-state index in [1.807, 2.05) is 0 Å². The summed E-state index contributed by atoms with van der Waals surface area (Å²) in [6.07, 6.45) is 0. The summed E-state index contributed by atoms with van der Waals surface area (Å²) in [5.74, 6) is -1.42. The highest BCUT2D eigenvalue weighted by atomic mass is 79.9. The first-order valence-electron chi connectivity index (χ1n) is 5.68. The van der Waals surface area contributed by atoms with E-state index < -0.39 is 17.3 Å². The standard InChI is InChI=1S/C13H10Br2F2N2O/c1-6-11(15)7(2)19(13(20)18-6)5-8-10(16)4-3-9(14)12(8)17/h3-4H,5H2,1-2H3. The second-order valence-corrected chi connectivity index (χ2v) is 5.93. The third-order valence-corrected chi connectivity index (χ3v) is 4.75. The number of nitrogens with zero attached hydrogens (tertiary/aromatic N) is 2. The van der Waals surface area contributed by atoms with Gasteiger partial charge in [0.15, 0.2) is 0 Å². The number of hydrogen-bond donors (Lipinski definition) is 0. The zero-order chi connectivity index (χ0) is 15.0. The van der Waals surface area contributed by atoms with Crippen LogP contribution in [0.2, 0.25) is 0 Å². The lowest BCUT2D eigenvalue weighted by Gasteiger charge is -2.13. The average molecular weight is 408 g/mol.